The normalized spacial score (nSPS) is 13.0. The molecule has 0 saturated heterocycles. The molecular weight excluding hydrogens is 210 g/mol. The Morgan fingerprint density at radius 1 is 1.19 bits per heavy atom. The Bertz CT molecular complexity index is 312. The third-order valence-corrected chi connectivity index (χ3v) is 1.94. The van der Waals surface area contributed by atoms with Crippen molar-refractivity contribution in [2.24, 2.45) is 5.41 Å². The van der Waals surface area contributed by atoms with E-state index in [1.54, 1.807) is 6.92 Å². The molecule has 0 aliphatic carbocycles. The van der Waals surface area contributed by atoms with Crippen molar-refractivity contribution in [3.63, 3.8) is 0 Å². The van der Waals surface area contributed by atoms with E-state index < -0.39 is 12.1 Å². The first-order valence-electron chi connectivity index (χ1n) is 5.12. The number of carboxylic acids is 1. The van der Waals surface area contributed by atoms with Crippen molar-refractivity contribution in [1.82, 2.24) is 5.32 Å². The predicted molar refractivity (Wildman–Crippen MR) is 60.2 cm³/mol. The van der Waals surface area contributed by atoms with Crippen molar-refractivity contribution in [3.05, 3.63) is 11.3 Å². The Morgan fingerprint density at radius 3 is 1.94 bits per heavy atom. The molecule has 0 aromatic rings. The van der Waals surface area contributed by atoms with Gasteiger partial charge in [-0.05, 0) is 18.3 Å². The molecule has 0 unspecified atom stereocenters. The van der Waals surface area contributed by atoms with Crippen LogP contribution in [0.4, 0.5) is 4.79 Å². The van der Waals surface area contributed by atoms with E-state index in [4.69, 9.17) is 10.2 Å². The minimum Gasteiger partial charge on any atom is -0.478 e. The van der Waals surface area contributed by atoms with E-state index in [1.165, 1.54) is 0 Å². The molecule has 5 heteroatoms. The van der Waals surface area contributed by atoms with Crippen LogP contribution in [0, 0.1) is 5.41 Å². The second kappa shape index (κ2) is 5.53. The molecule has 92 valence electrons. The maximum atomic E-state index is 11.1. The molecule has 0 rings (SSSR count). The largest absolute Gasteiger partial charge is 0.478 e. The minimum atomic E-state index is -1.23. The van der Waals surface area contributed by atoms with Crippen LogP contribution in [-0.4, -0.2) is 22.3 Å². The van der Waals surface area contributed by atoms with Crippen LogP contribution in [-0.2, 0) is 4.79 Å². The van der Waals surface area contributed by atoms with Crippen LogP contribution >= 0.6 is 0 Å². The summed E-state index contributed by atoms with van der Waals surface area (Å²) in [6.45, 7) is 7.44. The fourth-order valence-corrected chi connectivity index (χ4v) is 1.35. The molecule has 0 aliphatic rings. The van der Waals surface area contributed by atoms with Crippen molar-refractivity contribution in [2.45, 2.75) is 40.5 Å². The highest BCUT2D eigenvalue weighted by atomic mass is 16.4. The van der Waals surface area contributed by atoms with Gasteiger partial charge in [-0.25, -0.2) is 9.59 Å². The van der Waals surface area contributed by atoms with Gasteiger partial charge in [0.1, 0.15) is 0 Å². The van der Waals surface area contributed by atoms with Crippen molar-refractivity contribution in [3.8, 4) is 0 Å². The van der Waals surface area contributed by atoms with E-state index in [0.717, 1.165) is 0 Å². The Hall–Kier alpha value is -1.52. The van der Waals surface area contributed by atoms with E-state index in [9.17, 15) is 9.59 Å². The summed E-state index contributed by atoms with van der Waals surface area (Å²) in [5.41, 5.74) is 0.196. The highest BCUT2D eigenvalue weighted by Crippen LogP contribution is 2.26. The van der Waals surface area contributed by atoms with E-state index in [2.05, 4.69) is 5.32 Å². The zero-order valence-corrected chi connectivity index (χ0v) is 10.1. The number of allylic oxidation sites excluding steroid dienone is 1. The molecule has 0 aromatic carbocycles. The number of aliphatic carboxylic acids is 1. The summed E-state index contributed by atoms with van der Waals surface area (Å²) in [5, 5.41) is 19.8. The van der Waals surface area contributed by atoms with Crippen LogP contribution in [0.2, 0.25) is 0 Å². The molecule has 0 spiro atoms. The monoisotopic (exact) mass is 229 g/mol. The second-order valence-electron chi connectivity index (χ2n) is 4.78. The molecule has 0 atom stereocenters. The van der Waals surface area contributed by atoms with Gasteiger partial charge in [0.25, 0.3) is 0 Å². The molecule has 16 heavy (non-hydrogen) atoms. The van der Waals surface area contributed by atoms with E-state index >= 15 is 0 Å². The van der Waals surface area contributed by atoms with Crippen LogP contribution in [0.1, 0.15) is 40.5 Å². The predicted octanol–water partition coefficient (Wildman–Crippen LogP) is 2.44. The van der Waals surface area contributed by atoms with Crippen LogP contribution in [0.15, 0.2) is 11.3 Å². The first-order chi connectivity index (χ1) is 7.17. The Kier molecular flexibility index (Phi) is 5.01. The maximum absolute atomic E-state index is 11.1. The third-order valence-electron chi connectivity index (χ3n) is 1.94. The van der Waals surface area contributed by atoms with Crippen LogP contribution in [0.25, 0.3) is 0 Å². The van der Waals surface area contributed by atoms with Gasteiger partial charge in [-0.15, -0.1) is 0 Å². The van der Waals surface area contributed by atoms with Crippen molar-refractivity contribution >= 4 is 12.1 Å². The number of rotatable bonds is 4. The van der Waals surface area contributed by atoms with Gasteiger partial charge in [0.15, 0.2) is 0 Å². The number of nitrogens with one attached hydrogen (secondary N) is 1. The first kappa shape index (κ1) is 14.5. The summed E-state index contributed by atoms with van der Waals surface area (Å²) in [5.74, 6) is -1.07. The summed E-state index contributed by atoms with van der Waals surface area (Å²) in [6.07, 6.45) is -0.556. The average molecular weight is 229 g/mol. The lowest BCUT2D eigenvalue weighted by Gasteiger charge is -2.20. The van der Waals surface area contributed by atoms with E-state index in [1.807, 2.05) is 20.8 Å². The van der Waals surface area contributed by atoms with Gasteiger partial charge in [-0.2, -0.15) is 0 Å². The van der Waals surface area contributed by atoms with Crippen molar-refractivity contribution in [1.29, 1.82) is 0 Å². The highest BCUT2D eigenvalue weighted by Gasteiger charge is 2.21. The van der Waals surface area contributed by atoms with Gasteiger partial charge < -0.3 is 10.2 Å². The van der Waals surface area contributed by atoms with E-state index in [0.29, 0.717) is 12.8 Å². The quantitative estimate of drug-likeness (QED) is 0.646. The Labute approximate surface area is 95.2 Å². The van der Waals surface area contributed by atoms with Crippen molar-refractivity contribution < 1.29 is 19.8 Å². The molecular formula is C11H19NO4. The number of hydrogen-bond acceptors (Lipinski definition) is 2. The van der Waals surface area contributed by atoms with Crippen molar-refractivity contribution in [2.75, 3.05) is 0 Å². The molecule has 0 aromatic heterocycles. The SMILES string of the molecule is CCC(NC(=O)O)=C(CC(C)(C)C)C(=O)O. The lowest BCUT2D eigenvalue weighted by molar-refractivity contribution is -0.133. The number of hydrogen-bond donors (Lipinski definition) is 3. The molecule has 3 N–H and O–H groups in total. The van der Waals surface area contributed by atoms with Gasteiger partial charge in [0.2, 0.25) is 0 Å². The average Bonchev–Trinajstić information content (AvgIpc) is 2.08. The first-order valence-corrected chi connectivity index (χ1v) is 5.12. The topological polar surface area (TPSA) is 86.6 Å². The molecule has 1 amide bonds. The Balaban J connectivity index is 5.17. The van der Waals surface area contributed by atoms with Gasteiger partial charge in [0.05, 0.1) is 5.57 Å². The Morgan fingerprint density at radius 2 is 1.69 bits per heavy atom. The third kappa shape index (κ3) is 5.38. The molecule has 0 bridgehead atoms. The fourth-order valence-electron chi connectivity index (χ4n) is 1.35. The lowest BCUT2D eigenvalue weighted by atomic mass is 9.87. The van der Waals surface area contributed by atoms with Gasteiger partial charge >= 0.3 is 12.1 Å². The summed E-state index contributed by atoms with van der Waals surface area (Å²) in [7, 11) is 0. The number of carbonyl (C=O) groups is 2. The molecule has 0 fully saturated rings. The van der Waals surface area contributed by atoms with Crippen LogP contribution in [0.5, 0.6) is 0 Å². The summed E-state index contributed by atoms with van der Waals surface area (Å²) >= 11 is 0. The van der Waals surface area contributed by atoms with Crippen LogP contribution in [0.3, 0.4) is 0 Å². The zero-order valence-electron chi connectivity index (χ0n) is 10.1. The minimum absolute atomic E-state index is 0.136. The van der Waals surface area contributed by atoms with E-state index in [-0.39, 0.29) is 16.7 Å². The van der Waals surface area contributed by atoms with Crippen LogP contribution < -0.4 is 5.32 Å². The molecule has 0 heterocycles. The lowest BCUT2D eigenvalue weighted by Crippen LogP contribution is -2.25. The van der Waals surface area contributed by atoms with Gasteiger partial charge in [-0.3, -0.25) is 5.32 Å². The number of carboxylic acid groups (broad SMARTS) is 2. The van der Waals surface area contributed by atoms with Gasteiger partial charge in [0, 0.05) is 5.70 Å². The summed E-state index contributed by atoms with van der Waals surface area (Å²) in [6, 6.07) is 0. The smallest absolute Gasteiger partial charge is 0.408 e. The zero-order chi connectivity index (χ0) is 12.9. The highest BCUT2D eigenvalue weighted by molar-refractivity contribution is 5.88. The number of amides is 1. The fraction of sp³-hybridized carbons (Fsp3) is 0.636. The summed E-state index contributed by atoms with van der Waals surface area (Å²) in [4.78, 5) is 21.6. The van der Waals surface area contributed by atoms with Gasteiger partial charge in [-0.1, -0.05) is 27.7 Å². The second-order valence-corrected chi connectivity index (χ2v) is 4.78. The standard InChI is InChI=1S/C11H19NO4/c1-5-8(12-10(15)16)7(9(13)14)6-11(2,3)4/h12H,5-6H2,1-4H3,(H,13,14)(H,15,16). The molecule has 0 aliphatic heterocycles. The molecule has 5 nitrogen and oxygen atoms in total. The summed E-state index contributed by atoms with van der Waals surface area (Å²) < 4.78 is 0. The molecule has 0 saturated carbocycles. The molecule has 0 radical (unpaired) electrons. The maximum Gasteiger partial charge on any atom is 0.408 e.